The number of carbonyl (C=O) groups excluding carboxylic acids is 1. The topological polar surface area (TPSA) is 97.4 Å². The van der Waals surface area contributed by atoms with Crippen LogP contribution in [0.5, 0.6) is 11.5 Å². The Morgan fingerprint density at radius 3 is 2.77 bits per heavy atom. The Kier molecular flexibility index (Phi) is 6.68. The van der Waals surface area contributed by atoms with Gasteiger partial charge < -0.3 is 25.4 Å². The molecular formula is C26H30FN5O3. The van der Waals surface area contributed by atoms with Gasteiger partial charge in [0.25, 0.3) is 0 Å². The number of hydrogen-bond donors (Lipinski definition) is 3. The van der Waals surface area contributed by atoms with Crippen molar-refractivity contribution in [1.29, 1.82) is 0 Å². The number of nitrogens with one attached hydrogen (secondary N) is 3. The number of halogens is 1. The average Bonchev–Trinajstić information content (AvgIpc) is 3.57. The minimum absolute atomic E-state index is 0.0261. The van der Waals surface area contributed by atoms with Gasteiger partial charge in [-0.05, 0) is 74.9 Å². The molecule has 2 aliphatic rings. The van der Waals surface area contributed by atoms with Crippen molar-refractivity contribution < 1.29 is 18.7 Å². The van der Waals surface area contributed by atoms with Gasteiger partial charge in [0.2, 0.25) is 5.95 Å². The van der Waals surface area contributed by atoms with Crippen LogP contribution in [0, 0.1) is 11.7 Å². The highest BCUT2D eigenvalue weighted by Gasteiger charge is 2.29. The lowest BCUT2D eigenvalue weighted by atomic mass is 9.98. The number of rotatable bonds is 8. The summed E-state index contributed by atoms with van der Waals surface area (Å²) in [6, 6.07) is 9.82. The Morgan fingerprint density at radius 1 is 1.20 bits per heavy atom. The van der Waals surface area contributed by atoms with Gasteiger partial charge in [0, 0.05) is 29.7 Å². The van der Waals surface area contributed by atoms with Crippen LogP contribution in [0.15, 0.2) is 42.6 Å². The van der Waals surface area contributed by atoms with Crippen molar-refractivity contribution in [3.05, 3.63) is 54.0 Å². The van der Waals surface area contributed by atoms with E-state index in [1.54, 1.807) is 30.5 Å². The summed E-state index contributed by atoms with van der Waals surface area (Å²) in [5.74, 6) is 1.29. The molecule has 0 unspecified atom stereocenters. The first kappa shape index (κ1) is 23.3. The molecule has 1 aromatic heterocycles. The highest BCUT2D eigenvalue weighted by Crippen LogP contribution is 2.33. The molecule has 0 radical (unpaired) electrons. The van der Waals surface area contributed by atoms with Gasteiger partial charge in [0.15, 0.2) is 11.6 Å². The van der Waals surface area contributed by atoms with Crippen molar-refractivity contribution in [1.82, 2.24) is 20.6 Å². The van der Waals surface area contributed by atoms with Crippen LogP contribution in [-0.2, 0) is 0 Å². The van der Waals surface area contributed by atoms with Crippen LogP contribution in [0.4, 0.5) is 15.1 Å². The zero-order valence-electron chi connectivity index (χ0n) is 19.9. The van der Waals surface area contributed by atoms with Crippen LogP contribution >= 0.6 is 0 Å². The maximum atomic E-state index is 14.4. The third-order valence-electron chi connectivity index (χ3n) is 6.76. The maximum absolute atomic E-state index is 14.4. The van der Waals surface area contributed by atoms with Crippen molar-refractivity contribution in [3.8, 4) is 11.5 Å². The third-order valence-corrected chi connectivity index (χ3v) is 6.76. The molecule has 3 atom stereocenters. The number of hydrogen-bond acceptors (Lipinski definition) is 7. The summed E-state index contributed by atoms with van der Waals surface area (Å²) in [7, 11) is 1.42. The van der Waals surface area contributed by atoms with E-state index in [2.05, 4.69) is 32.8 Å². The SMILES string of the molecule is COc1ccc([C@@H](NC(=O)Oc2ccc3cnc(N[C@H](C)C4CC4)nc3c2)[C@@H]2CCCN2)cc1F. The van der Waals surface area contributed by atoms with E-state index in [0.29, 0.717) is 34.7 Å². The second-order valence-electron chi connectivity index (χ2n) is 9.29. The molecule has 2 aromatic carbocycles. The molecule has 1 saturated heterocycles. The Hall–Kier alpha value is -3.46. The fourth-order valence-electron chi connectivity index (χ4n) is 4.61. The lowest BCUT2D eigenvalue weighted by Gasteiger charge is -2.25. The van der Waals surface area contributed by atoms with E-state index in [-0.39, 0.29) is 11.8 Å². The second kappa shape index (κ2) is 10.0. The van der Waals surface area contributed by atoms with Gasteiger partial charge in [-0.15, -0.1) is 0 Å². The summed E-state index contributed by atoms with van der Waals surface area (Å²) in [6.07, 6.45) is 5.45. The molecule has 3 aromatic rings. The van der Waals surface area contributed by atoms with Crippen molar-refractivity contribution in [2.24, 2.45) is 5.92 Å². The molecular weight excluding hydrogens is 449 g/mol. The minimum atomic E-state index is -0.617. The van der Waals surface area contributed by atoms with E-state index in [9.17, 15) is 9.18 Å². The fourth-order valence-corrected chi connectivity index (χ4v) is 4.61. The highest BCUT2D eigenvalue weighted by atomic mass is 19.1. The minimum Gasteiger partial charge on any atom is -0.494 e. The molecule has 9 heteroatoms. The summed E-state index contributed by atoms with van der Waals surface area (Å²) in [6.45, 7) is 2.98. The molecule has 0 spiro atoms. The molecule has 8 nitrogen and oxygen atoms in total. The average molecular weight is 480 g/mol. The maximum Gasteiger partial charge on any atom is 0.413 e. The van der Waals surface area contributed by atoms with E-state index in [1.807, 2.05) is 6.07 Å². The molecule has 2 fully saturated rings. The monoisotopic (exact) mass is 479 g/mol. The zero-order valence-corrected chi connectivity index (χ0v) is 19.9. The Labute approximate surface area is 203 Å². The number of methoxy groups -OCH3 is 1. The molecule has 0 bridgehead atoms. The normalized spacial score (nSPS) is 19.2. The smallest absolute Gasteiger partial charge is 0.413 e. The van der Waals surface area contributed by atoms with Crippen LogP contribution in [-0.4, -0.2) is 41.8 Å². The molecule has 35 heavy (non-hydrogen) atoms. The molecule has 1 aliphatic carbocycles. The fraction of sp³-hybridized carbons (Fsp3) is 0.423. The number of fused-ring (bicyclic) bond motifs is 1. The quantitative estimate of drug-likeness (QED) is 0.435. The summed E-state index contributed by atoms with van der Waals surface area (Å²) >= 11 is 0. The van der Waals surface area contributed by atoms with E-state index < -0.39 is 18.0 Å². The van der Waals surface area contributed by atoms with Gasteiger partial charge in [-0.1, -0.05) is 6.07 Å². The first-order valence-electron chi connectivity index (χ1n) is 12.1. The van der Waals surface area contributed by atoms with Crippen LogP contribution < -0.4 is 25.4 Å². The third kappa shape index (κ3) is 5.45. The van der Waals surface area contributed by atoms with Crippen LogP contribution in [0.25, 0.3) is 10.9 Å². The number of ether oxygens (including phenoxy) is 2. The predicted octanol–water partition coefficient (Wildman–Crippen LogP) is 4.57. The van der Waals surface area contributed by atoms with E-state index in [1.165, 1.54) is 26.0 Å². The van der Waals surface area contributed by atoms with Crippen LogP contribution in [0.3, 0.4) is 0 Å². The lowest BCUT2D eigenvalue weighted by Crippen LogP contribution is -2.42. The van der Waals surface area contributed by atoms with Gasteiger partial charge in [-0.25, -0.2) is 19.2 Å². The van der Waals surface area contributed by atoms with Gasteiger partial charge in [0.1, 0.15) is 5.75 Å². The molecule has 5 rings (SSSR count). The number of nitrogens with zero attached hydrogens (tertiary/aromatic N) is 2. The van der Waals surface area contributed by atoms with Crippen molar-refractivity contribution in [2.75, 3.05) is 19.0 Å². The summed E-state index contributed by atoms with van der Waals surface area (Å²) in [4.78, 5) is 21.9. The summed E-state index contributed by atoms with van der Waals surface area (Å²) in [5, 5.41) is 10.5. The Bertz CT molecular complexity index is 1210. The zero-order chi connectivity index (χ0) is 24.4. The number of anilines is 1. The van der Waals surface area contributed by atoms with Crippen molar-refractivity contribution in [2.45, 2.75) is 50.7 Å². The number of aromatic nitrogens is 2. The number of benzene rings is 2. The highest BCUT2D eigenvalue weighted by molar-refractivity contribution is 5.81. The van der Waals surface area contributed by atoms with Crippen LogP contribution in [0.2, 0.25) is 0 Å². The van der Waals surface area contributed by atoms with Gasteiger partial charge >= 0.3 is 6.09 Å². The Balaban J connectivity index is 1.31. The Morgan fingerprint density at radius 2 is 2.06 bits per heavy atom. The summed E-state index contributed by atoms with van der Waals surface area (Å²) in [5.41, 5.74) is 1.33. The number of amides is 1. The van der Waals surface area contributed by atoms with Crippen molar-refractivity contribution in [3.63, 3.8) is 0 Å². The van der Waals surface area contributed by atoms with Crippen molar-refractivity contribution >= 4 is 22.9 Å². The van der Waals surface area contributed by atoms with E-state index in [0.717, 1.165) is 24.8 Å². The first-order chi connectivity index (χ1) is 17.0. The first-order valence-corrected chi connectivity index (χ1v) is 12.1. The molecule has 2 heterocycles. The lowest BCUT2D eigenvalue weighted by molar-refractivity contribution is 0.193. The van der Waals surface area contributed by atoms with Gasteiger partial charge in [-0.3, -0.25) is 0 Å². The number of carbonyl (C=O) groups is 1. The summed E-state index contributed by atoms with van der Waals surface area (Å²) < 4.78 is 25.0. The standard InChI is InChI=1S/C26H30FN5O3/c1-15(16-5-6-16)30-25-29-14-18-7-9-19(13-22(18)31-25)35-26(33)32-24(21-4-3-11-28-21)17-8-10-23(34-2)20(27)12-17/h7-10,12-16,21,24,28H,3-6,11H2,1-2H3,(H,32,33)(H,29,30,31)/t15-,21+,24-/m1/s1. The molecule has 1 amide bonds. The van der Waals surface area contributed by atoms with Crippen LogP contribution in [0.1, 0.15) is 44.2 Å². The molecule has 1 saturated carbocycles. The van der Waals surface area contributed by atoms with E-state index >= 15 is 0 Å². The predicted molar refractivity (Wildman–Crippen MR) is 131 cm³/mol. The molecule has 1 aliphatic heterocycles. The van der Waals surface area contributed by atoms with Gasteiger partial charge in [-0.2, -0.15) is 0 Å². The molecule has 3 N–H and O–H groups in total. The van der Waals surface area contributed by atoms with E-state index in [4.69, 9.17) is 9.47 Å². The molecule has 184 valence electrons. The van der Waals surface area contributed by atoms with Gasteiger partial charge in [0.05, 0.1) is 18.7 Å². The second-order valence-corrected chi connectivity index (χ2v) is 9.29. The largest absolute Gasteiger partial charge is 0.494 e.